The summed E-state index contributed by atoms with van der Waals surface area (Å²) in [5, 5.41) is 0. The number of amides is 1. The molecule has 1 saturated heterocycles. The van der Waals surface area contributed by atoms with Crippen LogP contribution in [0.4, 0.5) is 10.5 Å². The molecule has 132 valence electrons. The molecule has 1 atom stereocenters. The van der Waals surface area contributed by atoms with Gasteiger partial charge in [0.2, 0.25) is 0 Å². The Bertz CT molecular complexity index is 729. The molecule has 1 heterocycles. The van der Waals surface area contributed by atoms with Crippen LogP contribution in [0.3, 0.4) is 0 Å². The molecule has 0 aliphatic carbocycles. The zero-order valence-corrected chi connectivity index (χ0v) is 14.5. The van der Waals surface area contributed by atoms with E-state index in [-0.39, 0.29) is 17.6 Å². The number of benzene rings is 2. The van der Waals surface area contributed by atoms with Crippen LogP contribution in [0.15, 0.2) is 59.5 Å². The maximum Gasteiger partial charge on any atom is 0.410 e. The second kappa shape index (κ2) is 8.13. The number of carbonyl (C=O) groups is 1. The zero-order chi connectivity index (χ0) is 17.6. The Balaban J connectivity index is 1.49. The van der Waals surface area contributed by atoms with Gasteiger partial charge in [-0.1, -0.05) is 30.3 Å². The minimum atomic E-state index is -2.21. The molecule has 2 aromatic carbocycles. The number of anilines is 1. The maximum absolute atomic E-state index is 12.2. The molecule has 1 aliphatic heterocycles. The quantitative estimate of drug-likeness (QED) is 0.784. The summed E-state index contributed by atoms with van der Waals surface area (Å²) in [7, 11) is 0. The van der Waals surface area contributed by atoms with Crippen LogP contribution >= 0.6 is 0 Å². The fourth-order valence-corrected chi connectivity index (χ4v) is 3.08. The summed E-state index contributed by atoms with van der Waals surface area (Å²) < 4.78 is 27.1. The van der Waals surface area contributed by atoms with Gasteiger partial charge in [0.1, 0.15) is 6.61 Å². The highest BCUT2D eigenvalue weighted by Gasteiger charge is 2.22. The van der Waals surface area contributed by atoms with Crippen molar-refractivity contribution in [2.75, 3.05) is 31.1 Å². The van der Waals surface area contributed by atoms with Crippen LogP contribution in [0.5, 0.6) is 0 Å². The van der Waals surface area contributed by atoms with Crippen molar-refractivity contribution in [3.63, 3.8) is 0 Å². The Labute approximate surface area is 149 Å². The molecule has 1 fully saturated rings. The number of ether oxygens (including phenoxy) is 1. The molecule has 0 spiro atoms. The third-order valence-electron chi connectivity index (χ3n) is 4.14. The maximum atomic E-state index is 12.2. The molecule has 0 radical (unpaired) electrons. The first-order valence-electron chi connectivity index (χ1n) is 8.03. The monoisotopic (exact) mass is 359 g/mol. The van der Waals surface area contributed by atoms with E-state index in [1.807, 2.05) is 30.3 Å². The van der Waals surface area contributed by atoms with Crippen LogP contribution in [-0.4, -0.2) is 45.9 Å². The van der Waals surface area contributed by atoms with Gasteiger partial charge >= 0.3 is 6.09 Å². The summed E-state index contributed by atoms with van der Waals surface area (Å²) >= 11 is -2.21. The molecular weight excluding hydrogens is 340 g/mol. The van der Waals surface area contributed by atoms with E-state index in [1.165, 1.54) is 0 Å². The molecule has 0 N–H and O–H groups in total. The number of nitrogens with zero attached hydrogens (tertiary/aromatic N) is 2. The van der Waals surface area contributed by atoms with Crippen LogP contribution in [0.1, 0.15) is 5.56 Å². The van der Waals surface area contributed by atoms with Crippen LogP contribution < -0.4 is 4.90 Å². The predicted octanol–water partition coefficient (Wildman–Crippen LogP) is 2.38. The molecule has 1 aliphatic rings. The van der Waals surface area contributed by atoms with Gasteiger partial charge < -0.3 is 19.1 Å². The van der Waals surface area contributed by atoms with E-state index in [0.717, 1.165) is 11.3 Å². The van der Waals surface area contributed by atoms with Crippen LogP contribution in [0.25, 0.3) is 0 Å². The van der Waals surface area contributed by atoms with Gasteiger partial charge in [0.15, 0.2) is 0 Å². The van der Waals surface area contributed by atoms with Crippen molar-refractivity contribution >= 4 is 22.9 Å². The number of piperazine rings is 1. The van der Waals surface area contributed by atoms with Gasteiger partial charge in [-0.05, 0) is 40.9 Å². The smallest absolute Gasteiger partial charge is 0.410 e. The van der Waals surface area contributed by atoms with Crippen molar-refractivity contribution in [1.29, 1.82) is 0 Å². The molecule has 0 bridgehead atoms. The average Bonchev–Trinajstić information content (AvgIpc) is 2.67. The van der Waals surface area contributed by atoms with Crippen LogP contribution in [0.2, 0.25) is 0 Å². The first-order valence-corrected chi connectivity index (χ1v) is 9.11. The van der Waals surface area contributed by atoms with Gasteiger partial charge in [0.25, 0.3) is 0 Å². The van der Waals surface area contributed by atoms with Gasteiger partial charge in [-0.3, -0.25) is 4.21 Å². The molecule has 0 saturated carbocycles. The lowest BCUT2D eigenvalue weighted by Gasteiger charge is -2.35. The van der Waals surface area contributed by atoms with Crippen LogP contribution in [0, 0.1) is 0 Å². The minimum Gasteiger partial charge on any atom is -0.768 e. The third-order valence-corrected chi connectivity index (χ3v) is 4.79. The molecule has 7 heteroatoms. The van der Waals surface area contributed by atoms with Crippen molar-refractivity contribution in [2.24, 2.45) is 0 Å². The van der Waals surface area contributed by atoms with Crippen molar-refractivity contribution in [3.05, 3.63) is 60.2 Å². The largest absolute Gasteiger partial charge is 0.768 e. The number of hydrogen-bond donors (Lipinski definition) is 0. The minimum absolute atomic E-state index is 0.270. The molecule has 2 aromatic rings. The average molecular weight is 359 g/mol. The Kier molecular flexibility index (Phi) is 5.67. The topological polar surface area (TPSA) is 72.9 Å². The first-order chi connectivity index (χ1) is 12.1. The summed E-state index contributed by atoms with van der Waals surface area (Å²) in [6.45, 7) is 2.78. The van der Waals surface area contributed by atoms with Gasteiger partial charge in [-0.2, -0.15) is 0 Å². The van der Waals surface area contributed by atoms with E-state index >= 15 is 0 Å². The summed E-state index contributed by atoms with van der Waals surface area (Å²) in [6, 6.07) is 16.3. The Morgan fingerprint density at radius 1 is 1.00 bits per heavy atom. The van der Waals surface area contributed by atoms with Crippen LogP contribution in [-0.2, 0) is 22.4 Å². The first kappa shape index (κ1) is 17.4. The summed E-state index contributed by atoms with van der Waals surface area (Å²) in [4.78, 5) is 16.2. The molecule has 0 aromatic heterocycles. The van der Waals surface area contributed by atoms with Gasteiger partial charge in [-0.15, -0.1) is 0 Å². The lowest BCUT2D eigenvalue weighted by atomic mass is 10.2. The fourth-order valence-electron chi connectivity index (χ4n) is 2.73. The van der Waals surface area contributed by atoms with Gasteiger partial charge in [0.05, 0.1) is 0 Å². The van der Waals surface area contributed by atoms with E-state index in [4.69, 9.17) is 4.74 Å². The number of hydrogen-bond acceptors (Lipinski definition) is 5. The van der Waals surface area contributed by atoms with E-state index in [1.54, 1.807) is 29.2 Å². The summed E-state index contributed by atoms with van der Waals surface area (Å²) in [5.74, 6) is 0. The Morgan fingerprint density at radius 2 is 1.64 bits per heavy atom. The highest BCUT2D eigenvalue weighted by Crippen LogP contribution is 2.19. The standard InChI is InChI=1S/C18H20N2O4S/c21-18(24-14-15-4-2-1-3-5-15)20-12-10-19(11-13-20)16-6-8-17(9-7-16)25(22)23/h1-9H,10-14H2,(H,22,23)/p-1. The molecule has 25 heavy (non-hydrogen) atoms. The fraction of sp³-hybridized carbons (Fsp3) is 0.278. The molecule has 1 amide bonds. The lowest BCUT2D eigenvalue weighted by molar-refractivity contribution is 0.0942. The van der Waals surface area contributed by atoms with Crippen molar-refractivity contribution in [3.8, 4) is 0 Å². The van der Waals surface area contributed by atoms with Gasteiger partial charge in [-0.25, -0.2) is 4.79 Å². The Hall–Kier alpha value is -2.38. The predicted molar refractivity (Wildman–Crippen MR) is 94.0 cm³/mol. The van der Waals surface area contributed by atoms with Gasteiger partial charge in [0, 0.05) is 36.8 Å². The third kappa shape index (κ3) is 4.58. The number of carbonyl (C=O) groups excluding carboxylic acids is 1. The van der Waals surface area contributed by atoms with Crippen molar-refractivity contribution in [2.45, 2.75) is 11.5 Å². The van der Waals surface area contributed by atoms with E-state index in [2.05, 4.69) is 4.90 Å². The van der Waals surface area contributed by atoms with E-state index < -0.39 is 11.1 Å². The second-order valence-electron chi connectivity index (χ2n) is 5.74. The molecule has 6 nitrogen and oxygen atoms in total. The highest BCUT2D eigenvalue weighted by atomic mass is 32.2. The summed E-state index contributed by atoms with van der Waals surface area (Å²) in [5.41, 5.74) is 1.91. The Morgan fingerprint density at radius 3 is 2.24 bits per heavy atom. The molecule has 3 rings (SSSR count). The molecule has 1 unspecified atom stereocenters. The second-order valence-corrected chi connectivity index (χ2v) is 6.68. The van der Waals surface area contributed by atoms with Crippen molar-refractivity contribution < 1.29 is 18.3 Å². The normalized spacial score (nSPS) is 15.7. The zero-order valence-electron chi connectivity index (χ0n) is 13.7. The SMILES string of the molecule is O=C(OCc1ccccc1)N1CCN(c2ccc(S(=O)[O-])cc2)CC1. The molecular formula is C18H19N2O4S-. The lowest BCUT2D eigenvalue weighted by Crippen LogP contribution is -2.48. The number of rotatable bonds is 4. The van der Waals surface area contributed by atoms with E-state index in [0.29, 0.717) is 26.2 Å². The highest BCUT2D eigenvalue weighted by molar-refractivity contribution is 7.79. The van der Waals surface area contributed by atoms with E-state index in [9.17, 15) is 13.6 Å². The van der Waals surface area contributed by atoms with Crippen molar-refractivity contribution in [1.82, 2.24) is 4.90 Å². The summed E-state index contributed by atoms with van der Waals surface area (Å²) in [6.07, 6.45) is -0.305.